The summed E-state index contributed by atoms with van der Waals surface area (Å²) in [5.41, 5.74) is -0.981. The number of piperidine rings is 1. The first-order valence-electron chi connectivity index (χ1n) is 6.81. The summed E-state index contributed by atoms with van der Waals surface area (Å²) in [5.74, 6) is -1.96. The Bertz CT molecular complexity index is 548. The van der Waals surface area contributed by atoms with Crippen LogP contribution in [0.5, 0.6) is 0 Å². The van der Waals surface area contributed by atoms with E-state index in [0.29, 0.717) is 12.0 Å². The fourth-order valence-electron chi connectivity index (χ4n) is 2.33. The summed E-state index contributed by atoms with van der Waals surface area (Å²) in [6.07, 6.45) is 0.718. The maximum Gasteiger partial charge on any atom is 0.333 e. The zero-order chi connectivity index (χ0) is 15.5. The second-order valence-electron chi connectivity index (χ2n) is 5.33. The van der Waals surface area contributed by atoms with Crippen LogP contribution in [0, 0.1) is 5.92 Å². The molecule has 6 nitrogen and oxygen atoms in total. The van der Waals surface area contributed by atoms with Gasteiger partial charge in [-0.05, 0) is 18.9 Å². The third-order valence-corrected chi connectivity index (χ3v) is 3.79. The second-order valence-corrected chi connectivity index (χ2v) is 5.33. The Labute approximate surface area is 122 Å². The molecule has 0 bridgehead atoms. The Morgan fingerprint density at radius 2 is 2.00 bits per heavy atom. The largest absolute Gasteiger partial charge is 0.479 e. The quantitative estimate of drug-likeness (QED) is 0.758. The summed E-state index contributed by atoms with van der Waals surface area (Å²) < 4.78 is 0. The van der Waals surface area contributed by atoms with Crippen molar-refractivity contribution in [3.8, 4) is 0 Å². The number of carboxylic acid groups (broad SMARTS) is 1. The van der Waals surface area contributed by atoms with Crippen LogP contribution in [-0.2, 0) is 19.9 Å². The summed E-state index contributed by atoms with van der Waals surface area (Å²) >= 11 is 0. The van der Waals surface area contributed by atoms with Crippen molar-refractivity contribution in [1.82, 2.24) is 10.6 Å². The van der Waals surface area contributed by atoms with Crippen molar-refractivity contribution < 1.29 is 19.5 Å². The van der Waals surface area contributed by atoms with E-state index in [-0.39, 0.29) is 24.8 Å². The molecule has 1 fully saturated rings. The number of carbonyl (C=O) groups is 3. The molecule has 1 saturated heterocycles. The molecule has 2 amide bonds. The van der Waals surface area contributed by atoms with Crippen LogP contribution in [-0.4, -0.2) is 29.4 Å². The average Bonchev–Trinajstić information content (AvgIpc) is 2.48. The lowest BCUT2D eigenvalue weighted by atomic mass is 9.90. The molecule has 112 valence electrons. The maximum absolute atomic E-state index is 12.3. The Balaban J connectivity index is 2.15. The highest BCUT2D eigenvalue weighted by atomic mass is 16.4. The van der Waals surface area contributed by atoms with Crippen LogP contribution in [0.25, 0.3) is 0 Å². The lowest BCUT2D eigenvalue weighted by molar-refractivity contribution is -0.148. The van der Waals surface area contributed by atoms with E-state index in [4.69, 9.17) is 0 Å². The van der Waals surface area contributed by atoms with Gasteiger partial charge in [-0.15, -0.1) is 0 Å². The van der Waals surface area contributed by atoms with Gasteiger partial charge in [0.1, 0.15) is 0 Å². The first-order chi connectivity index (χ1) is 9.93. The van der Waals surface area contributed by atoms with Crippen LogP contribution in [0.15, 0.2) is 30.3 Å². The summed E-state index contributed by atoms with van der Waals surface area (Å²) in [7, 11) is 0. The highest BCUT2D eigenvalue weighted by Gasteiger charge is 2.38. The van der Waals surface area contributed by atoms with Crippen LogP contribution >= 0.6 is 0 Å². The highest BCUT2D eigenvalue weighted by molar-refractivity contribution is 5.90. The fourth-order valence-corrected chi connectivity index (χ4v) is 2.33. The van der Waals surface area contributed by atoms with E-state index in [2.05, 4.69) is 10.6 Å². The number of hydrogen-bond acceptors (Lipinski definition) is 3. The van der Waals surface area contributed by atoms with Gasteiger partial charge in [0, 0.05) is 13.0 Å². The summed E-state index contributed by atoms with van der Waals surface area (Å²) in [6, 6.07) is 8.56. The number of aliphatic carboxylic acids is 1. The molecule has 21 heavy (non-hydrogen) atoms. The predicted octanol–water partition coefficient (Wildman–Crippen LogP) is 0.629. The Morgan fingerprint density at radius 1 is 1.33 bits per heavy atom. The van der Waals surface area contributed by atoms with Crippen LogP contribution in [0.3, 0.4) is 0 Å². The Kier molecular flexibility index (Phi) is 4.26. The molecular weight excluding hydrogens is 272 g/mol. The minimum Gasteiger partial charge on any atom is -0.479 e. The average molecular weight is 290 g/mol. The third kappa shape index (κ3) is 3.21. The van der Waals surface area contributed by atoms with Crippen molar-refractivity contribution in [1.29, 1.82) is 0 Å². The first kappa shape index (κ1) is 15.0. The van der Waals surface area contributed by atoms with Gasteiger partial charge < -0.3 is 15.7 Å². The van der Waals surface area contributed by atoms with Crippen LogP contribution in [0.1, 0.15) is 25.3 Å². The molecule has 0 aromatic heterocycles. The molecule has 6 heteroatoms. The molecule has 3 N–H and O–H groups in total. The number of benzene rings is 1. The van der Waals surface area contributed by atoms with Gasteiger partial charge in [0.05, 0.1) is 5.92 Å². The van der Waals surface area contributed by atoms with Gasteiger partial charge in [0.15, 0.2) is 5.54 Å². The third-order valence-electron chi connectivity index (χ3n) is 3.79. The van der Waals surface area contributed by atoms with Gasteiger partial charge in [-0.1, -0.05) is 30.3 Å². The fraction of sp³-hybridized carbons (Fsp3) is 0.400. The summed E-state index contributed by atoms with van der Waals surface area (Å²) in [5, 5.41) is 14.7. The van der Waals surface area contributed by atoms with Crippen molar-refractivity contribution in [2.24, 2.45) is 5.92 Å². The number of nitrogens with one attached hydrogen (secondary N) is 2. The highest BCUT2D eigenvalue weighted by Crippen LogP contribution is 2.22. The summed E-state index contributed by atoms with van der Waals surface area (Å²) in [6.45, 7) is 1.71. The van der Waals surface area contributed by atoms with Gasteiger partial charge >= 0.3 is 5.97 Å². The van der Waals surface area contributed by atoms with E-state index in [1.807, 2.05) is 0 Å². The van der Waals surface area contributed by atoms with Gasteiger partial charge in [-0.25, -0.2) is 4.79 Å². The van der Waals surface area contributed by atoms with Gasteiger partial charge in [-0.3, -0.25) is 9.59 Å². The van der Waals surface area contributed by atoms with Crippen molar-refractivity contribution in [2.75, 3.05) is 6.54 Å². The molecule has 0 saturated carbocycles. The molecule has 1 aliphatic heterocycles. The Morgan fingerprint density at radius 3 is 2.52 bits per heavy atom. The second kappa shape index (κ2) is 5.95. The molecule has 0 spiro atoms. The lowest BCUT2D eigenvalue weighted by Gasteiger charge is -2.30. The smallest absolute Gasteiger partial charge is 0.333 e. The van der Waals surface area contributed by atoms with E-state index in [0.717, 1.165) is 0 Å². The van der Waals surface area contributed by atoms with Gasteiger partial charge in [0.2, 0.25) is 11.8 Å². The van der Waals surface area contributed by atoms with Crippen molar-refractivity contribution in [3.05, 3.63) is 35.9 Å². The minimum atomic E-state index is -1.49. The van der Waals surface area contributed by atoms with E-state index in [9.17, 15) is 19.5 Å². The van der Waals surface area contributed by atoms with Crippen LogP contribution < -0.4 is 10.6 Å². The van der Waals surface area contributed by atoms with E-state index in [1.165, 1.54) is 6.92 Å². The molecule has 1 aromatic carbocycles. The molecule has 0 aliphatic carbocycles. The number of carboxylic acids is 1. The molecule has 2 atom stereocenters. The van der Waals surface area contributed by atoms with Crippen molar-refractivity contribution >= 4 is 17.8 Å². The zero-order valence-electron chi connectivity index (χ0n) is 11.8. The predicted molar refractivity (Wildman–Crippen MR) is 75.3 cm³/mol. The van der Waals surface area contributed by atoms with Crippen molar-refractivity contribution in [3.63, 3.8) is 0 Å². The lowest BCUT2D eigenvalue weighted by Crippen LogP contribution is -2.53. The molecule has 2 unspecified atom stereocenters. The molecule has 2 rings (SSSR count). The van der Waals surface area contributed by atoms with Crippen LogP contribution in [0.4, 0.5) is 0 Å². The Hall–Kier alpha value is -2.37. The molecule has 1 heterocycles. The van der Waals surface area contributed by atoms with Gasteiger partial charge in [0.25, 0.3) is 0 Å². The van der Waals surface area contributed by atoms with E-state index >= 15 is 0 Å². The van der Waals surface area contributed by atoms with E-state index in [1.54, 1.807) is 30.3 Å². The summed E-state index contributed by atoms with van der Waals surface area (Å²) in [4.78, 5) is 35.0. The molecule has 1 aliphatic rings. The van der Waals surface area contributed by atoms with E-state index < -0.39 is 17.4 Å². The minimum absolute atomic E-state index is 0.0805. The topological polar surface area (TPSA) is 95.5 Å². The van der Waals surface area contributed by atoms with Crippen molar-refractivity contribution in [2.45, 2.75) is 25.3 Å². The number of rotatable bonds is 4. The molecular formula is C15H18N2O4. The zero-order valence-corrected chi connectivity index (χ0v) is 11.8. The number of hydrogen-bond donors (Lipinski definition) is 3. The first-order valence-corrected chi connectivity index (χ1v) is 6.81. The molecule has 1 aromatic rings. The van der Waals surface area contributed by atoms with Crippen LogP contribution in [0.2, 0.25) is 0 Å². The van der Waals surface area contributed by atoms with Gasteiger partial charge in [-0.2, -0.15) is 0 Å². The standard InChI is InChI=1S/C15H18N2O4/c1-15(14(20)21,11-5-3-2-4-6-11)17-13(19)10-7-8-12(18)16-9-10/h2-6,10H,7-9H2,1H3,(H,16,18)(H,17,19)(H,20,21). The maximum atomic E-state index is 12.3. The number of amides is 2. The monoisotopic (exact) mass is 290 g/mol. The molecule has 0 radical (unpaired) electrons. The number of carbonyl (C=O) groups excluding carboxylic acids is 2. The normalized spacial score (nSPS) is 21.0. The SMILES string of the molecule is CC(NC(=O)C1CCC(=O)NC1)(C(=O)O)c1ccccc1.